The molecule has 0 spiro atoms. The van der Waals surface area contributed by atoms with E-state index in [4.69, 9.17) is 26.8 Å². The number of ether oxygens (including phenoxy) is 1. The molecule has 23 heavy (non-hydrogen) atoms. The van der Waals surface area contributed by atoms with E-state index in [1.54, 1.807) is 20.8 Å². The van der Waals surface area contributed by atoms with Crippen LogP contribution in [0.15, 0.2) is 48.2 Å². The van der Waals surface area contributed by atoms with Crippen LogP contribution in [-0.2, 0) is 25.9 Å². The number of nitrogens with two attached hydrogens (primary N) is 1. The summed E-state index contributed by atoms with van der Waals surface area (Å²) in [6, 6.07) is 9.66. The van der Waals surface area contributed by atoms with E-state index < -0.39 is 13.0 Å². The van der Waals surface area contributed by atoms with Gasteiger partial charge in [-0.05, 0) is 32.4 Å². The van der Waals surface area contributed by atoms with Gasteiger partial charge in [0.25, 0.3) is 0 Å². The normalized spacial score (nSPS) is 13.0. The minimum absolute atomic E-state index is 0.166. The van der Waals surface area contributed by atoms with E-state index in [-0.39, 0.29) is 6.10 Å². The minimum atomic E-state index is -1.31. The zero-order valence-corrected chi connectivity index (χ0v) is 15.2. The first kappa shape index (κ1) is 19.3. The van der Waals surface area contributed by atoms with Gasteiger partial charge in [-0.3, -0.25) is 4.52 Å². The lowest BCUT2D eigenvalue weighted by atomic mass is 10.1. The highest BCUT2D eigenvalue weighted by atomic mass is 32.4. The smallest absolute Gasteiger partial charge is 0.460 e. The van der Waals surface area contributed by atoms with Crippen LogP contribution in [0.4, 0.5) is 0 Å². The molecule has 0 aliphatic carbocycles. The van der Waals surface area contributed by atoms with Crippen molar-refractivity contribution in [1.29, 1.82) is 0 Å². The molecule has 0 bridgehead atoms. The van der Waals surface area contributed by atoms with Gasteiger partial charge in [-0.25, -0.2) is 4.79 Å². The van der Waals surface area contributed by atoms with Gasteiger partial charge in [-0.15, -0.1) is 0 Å². The number of hydrogen-bond acceptors (Lipinski definition) is 5. The topological polar surface area (TPSA) is 73.6 Å². The summed E-state index contributed by atoms with van der Waals surface area (Å²) in [5.74, 6) is -0.0200. The van der Waals surface area contributed by atoms with E-state index in [2.05, 4.69) is 5.09 Å². The lowest BCUT2D eigenvalue weighted by Crippen LogP contribution is -2.10. The van der Waals surface area contributed by atoms with Gasteiger partial charge in [0.15, 0.2) is 5.76 Å². The first-order valence-electron chi connectivity index (χ1n) is 7.17. The third kappa shape index (κ3) is 8.45. The molecule has 124 valence electrons. The highest BCUT2D eigenvalue weighted by molar-refractivity contribution is 8.02. The Bertz CT molecular complexity index is 601. The molecule has 7 heteroatoms. The summed E-state index contributed by atoms with van der Waals surface area (Å²) in [6.07, 6.45) is 2.96. The van der Waals surface area contributed by atoms with E-state index in [1.807, 2.05) is 36.4 Å². The second-order valence-electron chi connectivity index (χ2n) is 4.98. The molecule has 0 aliphatic rings. The molecule has 0 aliphatic heterocycles. The van der Waals surface area contributed by atoms with Gasteiger partial charge in [0.05, 0.1) is 18.7 Å². The summed E-state index contributed by atoms with van der Waals surface area (Å²) in [5.41, 5.74) is 7.60. The van der Waals surface area contributed by atoms with Crippen LogP contribution in [0.25, 0.3) is 5.70 Å². The van der Waals surface area contributed by atoms with Crippen LogP contribution in [0.3, 0.4) is 0 Å². The van der Waals surface area contributed by atoms with Crippen molar-refractivity contribution in [2.24, 2.45) is 5.73 Å². The molecule has 0 radical (unpaired) electrons. The van der Waals surface area contributed by atoms with Gasteiger partial charge in [-0.2, -0.15) is 0 Å². The summed E-state index contributed by atoms with van der Waals surface area (Å²) >= 11 is 5.19. The number of hydrogen-bond donors (Lipinski definition) is 2. The zero-order valence-electron chi connectivity index (χ0n) is 13.5. The van der Waals surface area contributed by atoms with Crippen LogP contribution in [0, 0.1) is 0 Å². The molecule has 1 aromatic carbocycles. The molecular formula is C16H22N2O3PS+. The number of benzene rings is 1. The summed E-state index contributed by atoms with van der Waals surface area (Å²) in [5, 5.41) is 3.04. The van der Waals surface area contributed by atoms with Gasteiger partial charge < -0.3 is 10.5 Å². The third-order valence-corrected chi connectivity index (χ3v) is 4.05. The first-order chi connectivity index (χ1) is 10.9. The number of allylic oxidation sites excluding steroid dienone is 1. The molecule has 1 aromatic rings. The van der Waals surface area contributed by atoms with Gasteiger partial charge in [0, 0.05) is 5.70 Å². The molecule has 0 saturated heterocycles. The fraction of sp³-hybridized carbons (Fsp3) is 0.312. The molecular weight excluding hydrogens is 331 g/mol. The van der Waals surface area contributed by atoms with Crippen molar-refractivity contribution in [3.05, 3.63) is 53.8 Å². The van der Waals surface area contributed by atoms with Crippen LogP contribution in [0.1, 0.15) is 26.3 Å². The van der Waals surface area contributed by atoms with Crippen molar-refractivity contribution in [1.82, 2.24) is 5.09 Å². The first-order valence-corrected chi connectivity index (χ1v) is 9.44. The Labute approximate surface area is 143 Å². The number of nitrogens with one attached hydrogen (secondary N) is 1. The van der Waals surface area contributed by atoms with Crippen LogP contribution < -0.4 is 10.8 Å². The molecule has 5 nitrogen and oxygen atoms in total. The molecule has 0 saturated carbocycles. The van der Waals surface area contributed by atoms with Crippen molar-refractivity contribution in [3.63, 3.8) is 0 Å². The lowest BCUT2D eigenvalue weighted by molar-refractivity contribution is -0.141. The van der Waals surface area contributed by atoms with Crippen LogP contribution >= 0.6 is 7.07 Å². The predicted octanol–water partition coefficient (Wildman–Crippen LogP) is 3.22. The summed E-state index contributed by atoms with van der Waals surface area (Å²) in [4.78, 5) is 11.5. The van der Waals surface area contributed by atoms with Crippen molar-refractivity contribution < 1.29 is 14.1 Å². The minimum Gasteiger partial charge on any atom is -0.460 e. The average Bonchev–Trinajstić information content (AvgIpc) is 2.46. The monoisotopic (exact) mass is 353 g/mol. The largest absolute Gasteiger partial charge is 0.489 e. The Morgan fingerprint density at radius 3 is 2.65 bits per heavy atom. The molecule has 0 fully saturated rings. The maximum Gasteiger partial charge on any atom is 0.489 e. The van der Waals surface area contributed by atoms with Crippen molar-refractivity contribution in [2.45, 2.75) is 26.9 Å². The number of carbonyl (C=O) groups is 1. The summed E-state index contributed by atoms with van der Waals surface area (Å²) in [7, 11) is -1.31. The Hall–Kier alpha value is -1.75. The van der Waals surface area contributed by atoms with Crippen molar-refractivity contribution >= 4 is 30.5 Å². The van der Waals surface area contributed by atoms with Crippen LogP contribution in [0.2, 0.25) is 0 Å². The number of carbonyl (C=O) groups excluding carboxylic acids is 1. The van der Waals surface area contributed by atoms with Gasteiger partial charge >= 0.3 is 13.0 Å². The third-order valence-electron chi connectivity index (χ3n) is 2.55. The molecule has 1 unspecified atom stereocenters. The summed E-state index contributed by atoms with van der Waals surface area (Å²) < 4.78 is 10.4. The predicted molar refractivity (Wildman–Crippen MR) is 97.0 cm³/mol. The second-order valence-corrected chi connectivity index (χ2v) is 6.98. The van der Waals surface area contributed by atoms with Gasteiger partial charge in [-0.1, -0.05) is 35.4 Å². The average molecular weight is 353 g/mol. The molecule has 3 N–H and O–H groups in total. The fourth-order valence-corrected chi connectivity index (χ4v) is 2.80. The Kier molecular flexibility index (Phi) is 8.48. The maximum absolute atomic E-state index is 11.5. The van der Waals surface area contributed by atoms with Crippen molar-refractivity contribution in [3.8, 4) is 0 Å². The number of rotatable bonds is 8. The van der Waals surface area contributed by atoms with E-state index in [1.165, 1.54) is 6.08 Å². The molecule has 0 amide bonds. The molecule has 1 atom stereocenters. The zero-order chi connectivity index (χ0) is 17.2. The fourth-order valence-electron chi connectivity index (χ4n) is 1.60. The molecule has 0 aromatic heterocycles. The lowest BCUT2D eigenvalue weighted by Gasteiger charge is -2.04. The van der Waals surface area contributed by atoms with Gasteiger partial charge in [0.1, 0.15) is 0 Å². The van der Waals surface area contributed by atoms with E-state index in [0.29, 0.717) is 18.0 Å². The standard InChI is InChI=1S/C16H22N2O3PS/c1-12(2)20-16(19)11-13(3)21-22(23)18-10-9-15(17)14-7-5-4-6-8-14/h4-9,11-12H,10,17H2,1-3H3,(H,18,23)/q+1. The quantitative estimate of drug-likeness (QED) is 0.324. The van der Waals surface area contributed by atoms with E-state index in [0.717, 1.165) is 5.56 Å². The number of esters is 1. The van der Waals surface area contributed by atoms with Gasteiger partial charge in [0.2, 0.25) is 11.8 Å². The van der Waals surface area contributed by atoms with E-state index >= 15 is 0 Å². The SMILES string of the molecule is CC(=CC(=O)OC(C)C)O[P+](=S)NCC=C(N)c1ccccc1. The Morgan fingerprint density at radius 2 is 2.04 bits per heavy atom. The second kappa shape index (κ2) is 10.1. The van der Waals surface area contributed by atoms with Crippen LogP contribution in [0.5, 0.6) is 0 Å². The highest BCUT2D eigenvalue weighted by Gasteiger charge is 2.14. The Morgan fingerprint density at radius 1 is 1.39 bits per heavy atom. The van der Waals surface area contributed by atoms with E-state index in [9.17, 15) is 4.79 Å². The summed E-state index contributed by atoms with van der Waals surface area (Å²) in [6.45, 7) is 5.72. The van der Waals surface area contributed by atoms with Crippen LogP contribution in [-0.4, -0.2) is 18.6 Å². The maximum atomic E-state index is 11.5. The molecule has 1 rings (SSSR count). The molecule has 0 heterocycles. The van der Waals surface area contributed by atoms with Crippen molar-refractivity contribution in [2.75, 3.05) is 6.54 Å². The Balaban J connectivity index is 2.42. The highest BCUT2D eigenvalue weighted by Crippen LogP contribution is 2.21.